The van der Waals surface area contributed by atoms with Crippen molar-refractivity contribution in [2.45, 2.75) is 30.7 Å². The highest BCUT2D eigenvalue weighted by Crippen LogP contribution is 2.19. The number of carbonyl (C=O) groups is 2. The second-order valence-electron chi connectivity index (χ2n) is 4.01. The number of aliphatic carboxylic acids is 1. The van der Waals surface area contributed by atoms with E-state index in [1.165, 1.54) is 18.5 Å². The minimum atomic E-state index is -3.60. The average molecular weight is 320 g/mol. The molecule has 7 nitrogen and oxygen atoms in total. The number of carboxylic acids is 1. The van der Waals surface area contributed by atoms with Crippen LogP contribution in [0.5, 0.6) is 0 Å². The fraction of sp³-hybridized carbons (Fsp3) is 0.455. The molecular formula is C11H16N2O5S2. The van der Waals surface area contributed by atoms with E-state index in [0.29, 0.717) is 12.8 Å². The lowest BCUT2D eigenvalue weighted by Gasteiger charge is -2.12. The normalized spacial score (nSPS) is 12.9. The van der Waals surface area contributed by atoms with Crippen molar-refractivity contribution in [3.8, 4) is 0 Å². The monoisotopic (exact) mass is 320 g/mol. The molecule has 0 spiro atoms. The molecule has 20 heavy (non-hydrogen) atoms. The van der Waals surface area contributed by atoms with Gasteiger partial charge in [0.05, 0.1) is 9.77 Å². The number of hydrogen-bond acceptors (Lipinski definition) is 5. The maximum absolute atomic E-state index is 11.9. The number of carbonyl (C=O) groups excluding carboxylic acids is 1. The molecule has 112 valence electrons. The van der Waals surface area contributed by atoms with E-state index in [-0.39, 0.29) is 9.77 Å². The second kappa shape index (κ2) is 6.82. The summed E-state index contributed by atoms with van der Waals surface area (Å²) in [5, 5.41) is 12.7. The summed E-state index contributed by atoms with van der Waals surface area (Å²) < 4.78 is 25.2. The second-order valence-corrected chi connectivity index (χ2v) is 6.80. The van der Waals surface area contributed by atoms with Crippen LogP contribution in [0.4, 0.5) is 0 Å². The Balaban J connectivity index is 2.86. The summed E-state index contributed by atoms with van der Waals surface area (Å²) in [7, 11) is -2.33. The molecule has 0 aromatic carbocycles. The molecule has 0 aliphatic carbocycles. The van der Waals surface area contributed by atoms with Crippen LogP contribution in [0.15, 0.2) is 16.3 Å². The van der Waals surface area contributed by atoms with Gasteiger partial charge >= 0.3 is 5.97 Å². The van der Waals surface area contributed by atoms with Gasteiger partial charge in [0.2, 0.25) is 10.0 Å². The van der Waals surface area contributed by atoms with Crippen molar-refractivity contribution in [2.24, 2.45) is 0 Å². The van der Waals surface area contributed by atoms with Gasteiger partial charge in [-0.15, -0.1) is 11.3 Å². The van der Waals surface area contributed by atoms with Crippen LogP contribution >= 0.6 is 11.3 Å². The van der Waals surface area contributed by atoms with Crippen LogP contribution in [0.2, 0.25) is 0 Å². The highest BCUT2D eigenvalue weighted by molar-refractivity contribution is 7.89. The third kappa shape index (κ3) is 4.02. The quantitative estimate of drug-likeness (QED) is 0.682. The molecule has 0 fully saturated rings. The first-order chi connectivity index (χ1) is 9.31. The van der Waals surface area contributed by atoms with Crippen LogP contribution in [-0.4, -0.2) is 38.5 Å². The Bertz CT molecular complexity index is 594. The maximum Gasteiger partial charge on any atom is 0.326 e. The largest absolute Gasteiger partial charge is 0.480 e. The van der Waals surface area contributed by atoms with Gasteiger partial charge in [0, 0.05) is 5.38 Å². The molecule has 0 saturated carbocycles. The minimum absolute atomic E-state index is 0.0162. The minimum Gasteiger partial charge on any atom is -0.480 e. The Morgan fingerprint density at radius 1 is 1.45 bits per heavy atom. The van der Waals surface area contributed by atoms with Gasteiger partial charge in [0.15, 0.2) is 0 Å². The van der Waals surface area contributed by atoms with E-state index in [1.807, 2.05) is 6.92 Å². The summed E-state index contributed by atoms with van der Waals surface area (Å²) in [6.07, 6.45) is 0.926. The van der Waals surface area contributed by atoms with Gasteiger partial charge in [-0.25, -0.2) is 17.9 Å². The lowest BCUT2D eigenvalue weighted by molar-refractivity contribution is -0.139. The summed E-state index contributed by atoms with van der Waals surface area (Å²) in [4.78, 5) is 23.0. The summed E-state index contributed by atoms with van der Waals surface area (Å²) >= 11 is 0.948. The van der Waals surface area contributed by atoms with Crippen molar-refractivity contribution in [3.05, 3.63) is 16.3 Å². The van der Waals surface area contributed by atoms with E-state index in [4.69, 9.17) is 5.11 Å². The van der Waals surface area contributed by atoms with Gasteiger partial charge in [-0.05, 0) is 19.5 Å². The van der Waals surface area contributed by atoms with Crippen molar-refractivity contribution in [3.63, 3.8) is 0 Å². The first-order valence-corrected chi connectivity index (χ1v) is 8.23. The average Bonchev–Trinajstić information content (AvgIpc) is 2.88. The zero-order valence-electron chi connectivity index (χ0n) is 11.0. The molecule has 0 aliphatic rings. The van der Waals surface area contributed by atoms with Gasteiger partial charge in [0.1, 0.15) is 6.04 Å². The predicted molar refractivity (Wildman–Crippen MR) is 74.4 cm³/mol. The Labute approximate surface area is 121 Å². The van der Waals surface area contributed by atoms with E-state index in [1.54, 1.807) is 0 Å². The van der Waals surface area contributed by atoms with Gasteiger partial charge < -0.3 is 10.4 Å². The van der Waals surface area contributed by atoms with E-state index >= 15 is 0 Å². The van der Waals surface area contributed by atoms with Crippen molar-refractivity contribution in [2.75, 3.05) is 7.05 Å². The van der Waals surface area contributed by atoms with Crippen LogP contribution in [0.25, 0.3) is 0 Å². The Morgan fingerprint density at radius 3 is 2.60 bits per heavy atom. The molecule has 1 amide bonds. The first-order valence-electron chi connectivity index (χ1n) is 5.87. The first kappa shape index (κ1) is 16.6. The molecule has 0 bridgehead atoms. The number of rotatable bonds is 7. The highest BCUT2D eigenvalue weighted by atomic mass is 32.2. The summed E-state index contributed by atoms with van der Waals surface area (Å²) in [6.45, 7) is 1.81. The maximum atomic E-state index is 11.9. The summed E-state index contributed by atoms with van der Waals surface area (Å²) in [6, 6.07) is 0.246. The molecule has 3 N–H and O–H groups in total. The van der Waals surface area contributed by atoms with Crippen LogP contribution in [-0.2, 0) is 14.8 Å². The van der Waals surface area contributed by atoms with Crippen LogP contribution in [0.1, 0.15) is 29.4 Å². The fourth-order valence-electron chi connectivity index (χ4n) is 1.47. The molecule has 0 aliphatic heterocycles. The number of hydrogen-bond donors (Lipinski definition) is 3. The summed E-state index contributed by atoms with van der Waals surface area (Å²) in [5.41, 5.74) is 0. The Kier molecular flexibility index (Phi) is 5.66. The number of thiophene rings is 1. The third-order valence-electron chi connectivity index (χ3n) is 2.56. The molecule has 1 atom stereocenters. The van der Waals surface area contributed by atoms with Gasteiger partial charge in [-0.1, -0.05) is 13.3 Å². The predicted octanol–water partition coefficient (Wildman–Crippen LogP) is 0.639. The summed E-state index contributed by atoms with van der Waals surface area (Å²) in [5.74, 6) is -1.70. The zero-order valence-corrected chi connectivity index (χ0v) is 12.7. The van der Waals surface area contributed by atoms with Crippen LogP contribution in [0, 0.1) is 0 Å². The molecule has 0 saturated heterocycles. The number of amides is 1. The number of sulfonamides is 1. The van der Waals surface area contributed by atoms with Gasteiger partial charge in [-0.3, -0.25) is 4.79 Å². The van der Waals surface area contributed by atoms with E-state index in [2.05, 4.69) is 10.0 Å². The van der Waals surface area contributed by atoms with Gasteiger partial charge in [0.25, 0.3) is 5.91 Å². The highest BCUT2D eigenvalue weighted by Gasteiger charge is 2.22. The van der Waals surface area contributed by atoms with E-state index in [0.717, 1.165) is 11.3 Å². The van der Waals surface area contributed by atoms with Crippen molar-refractivity contribution in [1.82, 2.24) is 10.0 Å². The van der Waals surface area contributed by atoms with E-state index in [9.17, 15) is 18.0 Å². The third-order valence-corrected chi connectivity index (χ3v) is 5.03. The molecule has 1 rings (SSSR count). The van der Waals surface area contributed by atoms with Gasteiger partial charge in [-0.2, -0.15) is 0 Å². The van der Waals surface area contributed by atoms with E-state index < -0.39 is 27.9 Å². The zero-order chi connectivity index (χ0) is 15.3. The topological polar surface area (TPSA) is 113 Å². The molecule has 9 heteroatoms. The molecule has 1 aromatic rings. The molecule has 1 heterocycles. The molecular weight excluding hydrogens is 304 g/mol. The number of carboxylic acid groups (broad SMARTS) is 1. The molecule has 1 unspecified atom stereocenters. The number of nitrogens with one attached hydrogen (secondary N) is 2. The lowest BCUT2D eigenvalue weighted by atomic mass is 10.1. The van der Waals surface area contributed by atoms with Crippen molar-refractivity contribution in [1.29, 1.82) is 0 Å². The fourth-order valence-corrected chi connectivity index (χ4v) is 3.38. The Morgan fingerprint density at radius 2 is 2.10 bits per heavy atom. The van der Waals surface area contributed by atoms with Crippen molar-refractivity contribution >= 4 is 33.2 Å². The lowest BCUT2D eigenvalue weighted by Crippen LogP contribution is -2.40. The van der Waals surface area contributed by atoms with Crippen LogP contribution < -0.4 is 10.0 Å². The van der Waals surface area contributed by atoms with Crippen LogP contribution in [0.3, 0.4) is 0 Å². The van der Waals surface area contributed by atoms with Crippen molar-refractivity contribution < 1.29 is 23.1 Å². The smallest absolute Gasteiger partial charge is 0.326 e. The SMILES string of the molecule is CCCC(NC(=O)c1cc(S(=O)(=O)NC)cs1)C(=O)O. The Hall–Kier alpha value is -1.45. The standard InChI is InChI=1S/C11H16N2O5S2/c1-3-4-8(11(15)16)13-10(14)9-5-7(6-19-9)20(17,18)12-2/h5-6,8,12H,3-4H2,1-2H3,(H,13,14)(H,15,16). The molecule has 1 aromatic heterocycles. The molecule has 0 radical (unpaired) electrons.